The highest BCUT2D eigenvalue weighted by molar-refractivity contribution is 5.99. The molecule has 3 rings (SSSR count). The van der Waals surface area contributed by atoms with Crippen molar-refractivity contribution < 1.29 is 4.79 Å². The molecule has 0 atom stereocenters. The molecule has 0 saturated carbocycles. The first-order chi connectivity index (χ1) is 9.50. The molecule has 2 heteroatoms. The van der Waals surface area contributed by atoms with Crippen molar-refractivity contribution in [3.05, 3.63) is 53.3 Å². The highest BCUT2D eigenvalue weighted by atomic mass is 16.1. The maximum atomic E-state index is 12.3. The molecule has 0 aliphatic heterocycles. The minimum atomic E-state index is 0.0581. The van der Waals surface area contributed by atoms with Gasteiger partial charge in [0, 0.05) is 29.6 Å². The Hall–Kier alpha value is -1.83. The fourth-order valence-corrected chi connectivity index (χ4v) is 3.11. The fourth-order valence-electron chi connectivity index (χ4n) is 3.11. The zero-order valence-corrected chi connectivity index (χ0v) is 12.4. The summed E-state index contributed by atoms with van der Waals surface area (Å²) in [6, 6.07) is 10.5. The standard InChI is InChI=1S/C18H21NO/c1-4-13-6-5-7-14(10-13)19-9-8-15-16(19)11-18(2,3)12-17(15)20/h5-10H,4,11-12H2,1-3H3. The molecule has 0 fully saturated rings. The van der Waals surface area contributed by atoms with E-state index in [9.17, 15) is 4.79 Å². The highest BCUT2D eigenvalue weighted by Crippen LogP contribution is 2.36. The number of rotatable bonds is 2. The average molecular weight is 267 g/mol. The van der Waals surface area contributed by atoms with Gasteiger partial charge in [-0.3, -0.25) is 4.79 Å². The van der Waals surface area contributed by atoms with E-state index < -0.39 is 0 Å². The third-order valence-corrected chi connectivity index (χ3v) is 4.17. The number of carbonyl (C=O) groups excluding carboxylic acids is 1. The Labute approximate surface area is 120 Å². The van der Waals surface area contributed by atoms with E-state index in [4.69, 9.17) is 0 Å². The number of aromatic nitrogens is 1. The molecule has 2 aromatic rings. The van der Waals surface area contributed by atoms with E-state index in [1.165, 1.54) is 11.3 Å². The van der Waals surface area contributed by atoms with E-state index in [-0.39, 0.29) is 11.2 Å². The summed E-state index contributed by atoms with van der Waals surface area (Å²) in [4.78, 5) is 12.3. The second-order valence-electron chi connectivity index (χ2n) is 6.51. The van der Waals surface area contributed by atoms with Gasteiger partial charge < -0.3 is 4.57 Å². The number of hydrogen-bond donors (Lipinski definition) is 0. The van der Waals surface area contributed by atoms with E-state index in [1.807, 2.05) is 12.3 Å². The molecule has 1 aromatic carbocycles. The molecular formula is C18H21NO. The molecule has 104 valence electrons. The van der Waals surface area contributed by atoms with Crippen LogP contribution in [0.2, 0.25) is 0 Å². The topological polar surface area (TPSA) is 22.0 Å². The van der Waals surface area contributed by atoms with Crippen LogP contribution < -0.4 is 0 Å². The Morgan fingerprint density at radius 2 is 2.00 bits per heavy atom. The van der Waals surface area contributed by atoms with Crippen LogP contribution in [0.5, 0.6) is 0 Å². The Balaban J connectivity index is 2.10. The van der Waals surface area contributed by atoms with Gasteiger partial charge in [0.15, 0.2) is 5.78 Å². The van der Waals surface area contributed by atoms with Crippen molar-refractivity contribution in [1.29, 1.82) is 0 Å². The lowest BCUT2D eigenvalue weighted by molar-refractivity contribution is 0.0911. The Morgan fingerprint density at radius 1 is 1.20 bits per heavy atom. The number of hydrogen-bond acceptors (Lipinski definition) is 1. The first kappa shape index (κ1) is 13.2. The monoisotopic (exact) mass is 267 g/mol. The zero-order chi connectivity index (χ0) is 14.3. The van der Waals surface area contributed by atoms with Gasteiger partial charge in [0.2, 0.25) is 0 Å². The largest absolute Gasteiger partial charge is 0.320 e. The second-order valence-corrected chi connectivity index (χ2v) is 6.51. The maximum absolute atomic E-state index is 12.3. The number of Topliss-reactive ketones (excluding diaryl/α,β-unsaturated/α-hetero) is 1. The highest BCUT2D eigenvalue weighted by Gasteiger charge is 2.33. The molecule has 1 heterocycles. The molecule has 0 radical (unpaired) electrons. The minimum Gasteiger partial charge on any atom is -0.320 e. The summed E-state index contributed by atoms with van der Waals surface area (Å²) >= 11 is 0. The normalized spacial score (nSPS) is 17.1. The van der Waals surface area contributed by atoms with Crippen LogP contribution in [0.15, 0.2) is 36.5 Å². The number of benzene rings is 1. The van der Waals surface area contributed by atoms with Gasteiger partial charge in [0.25, 0.3) is 0 Å². The summed E-state index contributed by atoms with van der Waals surface area (Å²) in [5.41, 5.74) is 4.62. The predicted molar refractivity (Wildman–Crippen MR) is 81.6 cm³/mol. The van der Waals surface area contributed by atoms with Crippen LogP contribution >= 0.6 is 0 Å². The third kappa shape index (κ3) is 2.20. The molecule has 0 unspecified atom stereocenters. The summed E-state index contributed by atoms with van der Waals surface area (Å²) in [7, 11) is 0. The quantitative estimate of drug-likeness (QED) is 0.799. The van der Waals surface area contributed by atoms with Gasteiger partial charge >= 0.3 is 0 Å². The molecular weight excluding hydrogens is 246 g/mol. The van der Waals surface area contributed by atoms with Gasteiger partial charge in [-0.25, -0.2) is 0 Å². The predicted octanol–water partition coefficient (Wildman–Crippen LogP) is 4.19. The first-order valence-corrected chi connectivity index (χ1v) is 7.33. The Morgan fingerprint density at radius 3 is 2.75 bits per heavy atom. The lowest BCUT2D eigenvalue weighted by Gasteiger charge is -2.29. The van der Waals surface area contributed by atoms with Crippen molar-refractivity contribution in [3.63, 3.8) is 0 Å². The SMILES string of the molecule is CCc1cccc(-n2ccc3c2CC(C)(C)CC3=O)c1. The summed E-state index contributed by atoms with van der Waals surface area (Å²) in [6.07, 6.45) is 4.68. The molecule has 1 aliphatic carbocycles. The van der Waals surface area contributed by atoms with Crippen LogP contribution in [0.4, 0.5) is 0 Å². The van der Waals surface area contributed by atoms with Crippen molar-refractivity contribution in [2.24, 2.45) is 5.41 Å². The van der Waals surface area contributed by atoms with Gasteiger partial charge in [0.05, 0.1) is 0 Å². The van der Waals surface area contributed by atoms with Gasteiger partial charge in [-0.15, -0.1) is 0 Å². The van der Waals surface area contributed by atoms with Crippen LogP contribution in [0, 0.1) is 5.41 Å². The second kappa shape index (κ2) is 4.62. The van der Waals surface area contributed by atoms with Crippen molar-refractivity contribution in [1.82, 2.24) is 4.57 Å². The number of nitrogens with zero attached hydrogens (tertiary/aromatic N) is 1. The van der Waals surface area contributed by atoms with E-state index in [1.54, 1.807) is 0 Å². The molecule has 1 aromatic heterocycles. The summed E-state index contributed by atoms with van der Waals surface area (Å²) < 4.78 is 2.19. The lowest BCUT2D eigenvalue weighted by atomic mass is 9.76. The Kier molecular flexibility index (Phi) is 3.04. The third-order valence-electron chi connectivity index (χ3n) is 4.17. The van der Waals surface area contributed by atoms with Crippen molar-refractivity contribution in [2.45, 2.75) is 40.0 Å². The van der Waals surface area contributed by atoms with Crippen LogP contribution in [-0.2, 0) is 12.8 Å². The molecule has 0 amide bonds. The van der Waals surface area contributed by atoms with Crippen molar-refractivity contribution >= 4 is 5.78 Å². The van der Waals surface area contributed by atoms with Crippen molar-refractivity contribution in [2.75, 3.05) is 0 Å². The number of fused-ring (bicyclic) bond motifs is 1. The lowest BCUT2D eigenvalue weighted by Crippen LogP contribution is -2.27. The summed E-state index contributed by atoms with van der Waals surface area (Å²) in [5.74, 6) is 0.279. The molecule has 0 N–H and O–H groups in total. The van der Waals surface area contributed by atoms with Gasteiger partial charge in [-0.2, -0.15) is 0 Å². The number of aryl methyl sites for hydroxylation is 1. The van der Waals surface area contributed by atoms with E-state index in [0.29, 0.717) is 6.42 Å². The molecule has 0 saturated heterocycles. The van der Waals surface area contributed by atoms with Gasteiger partial charge in [-0.1, -0.05) is 32.9 Å². The molecule has 0 bridgehead atoms. The van der Waals surface area contributed by atoms with Gasteiger partial charge in [0.1, 0.15) is 0 Å². The summed E-state index contributed by atoms with van der Waals surface area (Å²) in [6.45, 7) is 6.51. The Bertz CT molecular complexity index is 664. The average Bonchev–Trinajstić information content (AvgIpc) is 2.81. The van der Waals surface area contributed by atoms with E-state index in [0.717, 1.165) is 24.1 Å². The van der Waals surface area contributed by atoms with E-state index >= 15 is 0 Å². The molecule has 1 aliphatic rings. The van der Waals surface area contributed by atoms with E-state index in [2.05, 4.69) is 49.6 Å². The summed E-state index contributed by atoms with van der Waals surface area (Å²) in [5, 5.41) is 0. The number of ketones is 1. The van der Waals surface area contributed by atoms with Crippen LogP contribution in [-0.4, -0.2) is 10.4 Å². The molecule has 0 spiro atoms. The minimum absolute atomic E-state index is 0.0581. The first-order valence-electron chi connectivity index (χ1n) is 7.33. The van der Waals surface area contributed by atoms with Crippen LogP contribution in [0.1, 0.15) is 48.8 Å². The van der Waals surface area contributed by atoms with Crippen LogP contribution in [0.3, 0.4) is 0 Å². The maximum Gasteiger partial charge on any atom is 0.165 e. The molecule has 2 nitrogen and oxygen atoms in total. The zero-order valence-electron chi connectivity index (χ0n) is 12.4. The van der Waals surface area contributed by atoms with Crippen molar-refractivity contribution in [3.8, 4) is 5.69 Å². The van der Waals surface area contributed by atoms with Gasteiger partial charge in [-0.05, 0) is 42.0 Å². The molecule has 20 heavy (non-hydrogen) atoms. The number of carbonyl (C=O) groups is 1. The fraction of sp³-hybridized carbons (Fsp3) is 0.389. The van der Waals surface area contributed by atoms with Crippen LogP contribution in [0.25, 0.3) is 5.69 Å². The smallest absolute Gasteiger partial charge is 0.165 e.